The Morgan fingerprint density at radius 3 is 2.81 bits per heavy atom. The van der Waals surface area contributed by atoms with E-state index in [2.05, 4.69) is 6.07 Å². The van der Waals surface area contributed by atoms with E-state index in [9.17, 15) is 4.79 Å². The van der Waals surface area contributed by atoms with Crippen molar-refractivity contribution in [1.29, 1.82) is 5.26 Å². The highest BCUT2D eigenvalue weighted by Crippen LogP contribution is 2.35. The van der Waals surface area contributed by atoms with E-state index in [1.54, 1.807) is 15.9 Å². The lowest BCUT2D eigenvalue weighted by molar-refractivity contribution is 0.699. The molecule has 0 radical (unpaired) electrons. The Morgan fingerprint density at radius 2 is 2.04 bits per heavy atom. The van der Waals surface area contributed by atoms with E-state index in [4.69, 9.17) is 10.2 Å². The van der Waals surface area contributed by atoms with Crippen molar-refractivity contribution in [2.24, 2.45) is 0 Å². The van der Waals surface area contributed by atoms with Gasteiger partial charge < -0.3 is 0 Å². The molecule has 132 valence electrons. The highest BCUT2D eigenvalue weighted by molar-refractivity contribution is 7.99. The van der Waals surface area contributed by atoms with E-state index >= 15 is 0 Å². The van der Waals surface area contributed by atoms with E-state index in [1.807, 2.05) is 31.2 Å². The Hall–Kier alpha value is -2.10. The van der Waals surface area contributed by atoms with Crippen LogP contribution in [0.25, 0.3) is 15.9 Å². The number of nitriles is 1. The first kappa shape index (κ1) is 17.3. The molecule has 0 bridgehead atoms. The van der Waals surface area contributed by atoms with Crippen LogP contribution >= 0.6 is 23.1 Å². The van der Waals surface area contributed by atoms with Gasteiger partial charge in [0, 0.05) is 17.1 Å². The van der Waals surface area contributed by atoms with Gasteiger partial charge in [0.1, 0.15) is 4.83 Å². The maximum absolute atomic E-state index is 13.5. The van der Waals surface area contributed by atoms with Gasteiger partial charge in [0.05, 0.1) is 17.1 Å². The van der Waals surface area contributed by atoms with Crippen molar-refractivity contribution in [3.05, 3.63) is 50.6 Å². The van der Waals surface area contributed by atoms with Crippen LogP contribution in [-0.4, -0.2) is 15.3 Å². The number of benzene rings is 1. The fourth-order valence-corrected chi connectivity index (χ4v) is 5.55. The van der Waals surface area contributed by atoms with Gasteiger partial charge in [-0.15, -0.1) is 11.3 Å². The van der Waals surface area contributed by atoms with Gasteiger partial charge in [-0.1, -0.05) is 29.5 Å². The van der Waals surface area contributed by atoms with E-state index in [0.717, 1.165) is 40.7 Å². The number of thiophene rings is 1. The van der Waals surface area contributed by atoms with Crippen LogP contribution in [0, 0.1) is 18.3 Å². The number of thioether (sulfide) groups is 1. The highest BCUT2D eigenvalue weighted by Gasteiger charge is 2.22. The monoisotopic (exact) mass is 381 g/mol. The zero-order valence-corrected chi connectivity index (χ0v) is 16.3. The molecule has 0 unspecified atom stereocenters. The summed E-state index contributed by atoms with van der Waals surface area (Å²) in [5, 5.41) is 10.3. The second-order valence-corrected chi connectivity index (χ2v) is 8.66. The summed E-state index contributed by atoms with van der Waals surface area (Å²) < 4.78 is 1.73. The summed E-state index contributed by atoms with van der Waals surface area (Å²) in [5.74, 6) is 0.630. The molecule has 4 nitrogen and oxygen atoms in total. The molecule has 0 aliphatic heterocycles. The van der Waals surface area contributed by atoms with Gasteiger partial charge in [-0.3, -0.25) is 9.36 Å². The summed E-state index contributed by atoms with van der Waals surface area (Å²) in [5.41, 5.74) is 3.23. The Labute approximate surface area is 160 Å². The Balaban J connectivity index is 1.94. The van der Waals surface area contributed by atoms with E-state index < -0.39 is 0 Å². The molecule has 3 aromatic rings. The lowest BCUT2D eigenvalue weighted by Gasteiger charge is -2.13. The fourth-order valence-electron chi connectivity index (χ4n) is 3.39. The number of fused-ring (bicyclic) bond motifs is 3. The Bertz CT molecular complexity index is 1060. The Morgan fingerprint density at radius 1 is 1.27 bits per heavy atom. The van der Waals surface area contributed by atoms with E-state index in [1.165, 1.54) is 28.6 Å². The van der Waals surface area contributed by atoms with Gasteiger partial charge in [-0.2, -0.15) is 5.26 Å². The first-order valence-corrected chi connectivity index (χ1v) is 10.6. The summed E-state index contributed by atoms with van der Waals surface area (Å²) in [6, 6.07) is 10.1. The first-order valence-electron chi connectivity index (χ1n) is 8.83. The third-order valence-electron chi connectivity index (χ3n) is 4.70. The van der Waals surface area contributed by atoms with E-state index in [0.29, 0.717) is 17.3 Å². The maximum Gasteiger partial charge on any atom is 0.267 e. The van der Waals surface area contributed by atoms with Gasteiger partial charge in [0.2, 0.25) is 0 Å². The summed E-state index contributed by atoms with van der Waals surface area (Å²) in [4.78, 5) is 20.5. The number of rotatable bonds is 4. The van der Waals surface area contributed by atoms with Crippen LogP contribution in [0.2, 0.25) is 0 Å². The maximum atomic E-state index is 13.5. The summed E-state index contributed by atoms with van der Waals surface area (Å²) in [7, 11) is 0. The number of aryl methyl sites for hydroxylation is 3. The van der Waals surface area contributed by atoms with Crippen LogP contribution in [0.4, 0.5) is 0 Å². The van der Waals surface area contributed by atoms with Crippen LogP contribution in [0.5, 0.6) is 0 Å². The first-order chi connectivity index (χ1) is 12.7. The Kier molecular flexibility index (Phi) is 4.84. The van der Waals surface area contributed by atoms with Crippen LogP contribution in [-0.2, 0) is 12.8 Å². The minimum Gasteiger partial charge on any atom is -0.268 e. The second kappa shape index (κ2) is 7.26. The van der Waals surface area contributed by atoms with Crippen LogP contribution in [0.15, 0.2) is 34.2 Å². The summed E-state index contributed by atoms with van der Waals surface area (Å²) in [6.45, 7) is 2.03. The molecule has 0 spiro atoms. The molecule has 6 heteroatoms. The molecule has 0 saturated carbocycles. The number of hydrogen-bond donors (Lipinski definition) is 0. The minimum absolute atomic E-state index is 0.0257. The molecule has 2 heterocycles. The summed E-state index contributed by atoms with van der Waals surface area (Å²) in [6.07, 6.45) is 4.79. The lowest BCUT2D eigenvalue weighted by atomic mass is 9.97. The smallest absolute Gasteiger partial charge is 0.267 e. The largest absolute Gasteiger partial charge is 0.268 e. The molecule has 2 aromatic heterocycles. The number of nitrogens with zero attached hydrogens (tertiary/aromatic N) is 3. The van der Waals surface area contributed by atoms with Crippen molar-refractivity contribution in [1.82, 2.24) is 9.55 Å². The SMILES string of the molecule is Cc1ccc(-n2c(SCCC#N)nc3sc4c(c3c2=O)CCCC4)cc1. The van der Waals surface area contributed by atoms with Gasteiger partial charge in [0.25, 0.3) is 5.56 Å². The molecule has 0 amide bonds. The quantitative estimate of drug-likeness (QED) is 0.375. The molecule has 0 N–H and O–H groups in total. The third-order valence-corrected chi connectivity index (χ3v) is 6.82. The van der Waals surface area contributed by atoms with Crippen LogP contribution in [0.3, 0.4) is 0 Å². The van der Waals surface area contributed by atoms with Crippen molar-refractivity contribution in [3.8, 4) is 11.8 Å². The molecule has 0 saturated heterocycles. The van der Waals surface area contributed by atoms with Gasteiger partial charge in [-0.05, 0) is 50.3 Å². The highest BCUT2D eigenvalue weighted by atomic mass is 32.2. The zero-order valence-electron chi connectivity index (χ0n) is 14.6. The lowest BCUT2D eigenvalue weighted by Crippen LogP contribution is -2.22. The number of hydrogen-bond acceptors (Lipinski definition) is 5. The van der Waals surface area contributed by atoms with Gasteiger partial charge in [-0.25, -0.2) is 4.98 Å². The third kappa shape index (κ3) is 3.06. The van der Waals surface area contributed by atoms with Gasteiger partial charge >= 0.3 is 0 Å². The average Bonchev–Trinajstić information content (AvgIpc) is 3.02. The minimum atomic E-state index is 0.0257. The molecule has 4 rings (SSSR count). The molecule has 1 aliphatic carbocycles. The van der Waals surface area contributed by atoms with Crippen molar-refractivity contribution in [2.45, 2.75) is 44.2 Å². The van der Waals surface area contributed by atoms with Gasteiger partial charge in [0.15, 0.2) is 5.16 Å². The van der Waals surface area contributed by atoms with Crippen molar-refractivity contribution in [2.75, 3.05) is 5.75 Å². The van der Waals surface area contributed by atoms with Crippen molar-refractivity contribution < 1.29 is 0 Å². The molecule has 1 aromatic carbocycles. The topological polar surface area (TPSA) is 58.7 Å². The number of aromatic nitrogens is 2. The molecule has 1 aliphatic rings. The fraction of sp³-hybridized carbons (Fsp3) is 0.350. The molecular weight excluding hydrogens is 362 g/mol. The standard InChI is InChI=1S/C20H19N3OS2/c1-13-7-9-14(10-8-13)23-19(24)17-15-5-2-3-6-16(15)26-18(17)22-20(23)25-12-4-11-21/h7-10H,2-6,12H2,1H3. The molecule has 26 heavy (non-hydrogen) atoms. The predicted octanol–water partition coefficient (Wildman–Crippen LogP) is 4.64. The van der Waals surface area contributed by atoms with Crippen LogP contribution in [0.1, 0.15) is 35.3 Å². The normalized spacial score (nSPS) is 13.5. The average molecular weight is 382 g/mol. The molecular formula is C20H19N3OS2. The molecule has 0 atom stereocenters. The zero-order chi connectivity index (χ0) is 18.1. The second-order valence-electron chi connectivity index (χ2n) is 6.52. The predicted molar refractivity (Wildman–Crippen MR) is 108 cm³/mol. The van der Waals surface area contributed by atoms with Crippen LogP contribution < -0.4 is 5.56 Å². The van der Waals surface area contributed by atoms with Crippen molar-refractivity contribution in [3.63, 3.8) is 0 Å². The molecule has 0 fully saturated rings. The summed E-state index contributed by atoms with van der Waals surface area (Å²) >= 11 is 3.15. The van der Waals surface area contributed by atoms with E-state index in [-0.39, 0.29) is 5.56 Å². The van der Waals surface area contributed by atoms with Crippen molar-refractivity contribution >= 4 is 33.3 Å².